The van der Waals surface area contributed by atoms with Crippen molar-refractivity contribution in [2.45, 2.75) is 52.0 Å². The SMILES string of the molecule is CCCCCCCOC(=O)C1=C(C)Nc2nc3ccccc3n2[C@H]1c1ccc(OC)c(OC)c1OC. The Hall–Kier alpha value is -3.68. The van der Waals surface area contributed by atoms with E-state index >= 15 is 0 Å². The third-order valence-electron chi connectivity index (χ3n) is 6.56. The summed E-state index contributed by atoms with van der Waals surface area (Å²) in [4.78, 5) is 18.4. The van der Waals surface area contributed by atoms with Gasteiger partial charge in [-0.1, -0.05) is 44.7 Å². The normalized spacial score (nSPS) is 14.9. The number of anilines is 1. The first-order chi connectivity index (χ1) is 17.5. The van der Waals surface area contributed by atoms with Gasteiger partial charge in [-0.2, -0.15) is 0 Å². The van der Waals surface area contributed by atoms with E-state index in [4.69, 9.17) is 23.9 Å². The van der Waals surface area contributed by atoms with Crippen LogP contribution in [0.2, 0.25) is 0 Å². The Kier molecular flexibility index (Phi) is 8.03. The molecular formula is C28H35N3O5. The van der Waals surface area contributed by atoms with Crippen LogP contribution < -0.4 is 19.5 Å². The maximum absolute atomic E-state index is 13.6. The summed E-state index contributed by atoms with van der Waals surface area (Å²) >= 11 is 0. The lowest BCUT2D eigenvalue weighted by molar-refractivity contribution is -0.139. The number of para-hydroxylation sites is 2. The number of carbonyl (C=O) groups is 1. The summed E-state index contributed by atoms with van der Waals surface area (Å²) in [5.41, 5.74) is 3.65. The van der Waals surface area contributed by atoms with Crippen LogP contribution in [0.15, 0.2) is 47.7 Å². The molecule has 2 heterocycles. The van der Waals surface area contributed by atoms with Crippen LogP contribution in [-0.4, -0.2) is 43.5 Å². The molecule has 0 saturated carbocycles. The van der Waals surface area contributed by atoms with Crippen LogP contribution in [0, 0.1) is 0 Å². The van der Waals surface area contributed by atoms with Gasteiger partial charge >= 0.3 is 5.97 Å². The topological polar surface area (TPSA) is 83.8 Å². The number of imidazole rings is 1. The molecule has 8 nitrogen and oxygen atoms in total. The standard InChI is InChI=1S/C28H35N3O5/c1-6-7-8-9-12-17-36-27(32)23-18(2)29-28-30-20-13-10-11-14-21(20)31(28)24(23)19-15-16-22(33-3)26(35-5)25(19)34-4/h10-11,13-16,24H,6-9,12,17H2,1-5H3,(H,29,30)/t24-/m0/s1. The summed E-state index contributed by atoms with van der Waals surface area (Å²) in [5, 5.41) is 3.32. The first-order valence-electron chi connectivity index (χ1n) is 12.5. The number of rotatable bonds is 11. The molecule has 0 saturated heterocycles. The van der Waals surface area contributed by atoms with Crippen molar-refractivity contribution in [3.05, 3.63) is 53.2 Å². The Morgan fingerprint density at radius 3 is 2.44 bits per heavy atom. The van der Waals surface area contributed by atoms with E-state index in [1.54, 1.807) is 21.3 Å². The van der Waals surface area contributed by atoms with E-state index in [9.17, 15) is 4.79 Å². The molecule has 0 unspecified atom stereocenters. The Morgan fingerprint density at radius 1 is 0.972 bits per heavy atom. The summed E-state index contributed by atoms with van der Waals surface area (Å²) in [5.74, 6) is 1.78. The Bertz CT molecular complexity index is 1260. The van der Waals surface area contributed by atoms with Gasteiger partial charge in [0.15, 0.2) is 11.5 Å². The number of methoxy groups -OCH3 is 3. The van der Waals surface area contributed by atoms with E-state index in [1.165, 1.54) is 12.8 Å². The highest BCUT2D eigenvalue weighted by Gasteiger charge is 2.37. The summed E-state index contributed by atoms with van der Waals surface area (Å²) < 4.78 is 24.8. The lowest BCUT2D eigenvalue weighted by atomic mass is 9.93. The number of hydrogen-bond donors (Lipinski definition) is 1. The van der Waals surface area contributed by atoms with Gasteiger partial charge in [0.1, 0.15) is 0 Å². The summed E-state index contributed by atoms with van der Waals surface area (Å²) in [6.07, 6.45) is 5.40. The van der Waals surface area contributed by atoms with Crippen LogP contribution >= 0.6 is 0 Å². The van der Waals surface area contributed by atoms with Crippen LogP contribution in [0.1, 0.15) is 57.6 Å². The van der Waals surface area contributed by atoms with Gasteiger partial charge in [-0.25, -0.2) is 9.78 Å². The van der Waals surface area contributed by atoms with Crippen molar-refractivity contribution in [2.75, 3.05) is 33.3 Å². The maximum Gasteiger partial charge on any atom is 0.338 e. The second-order valence-electron chi connectivity index (χ2n) is 8.83. The summed E-state index contributed by atoms with van der Waals surface area (Å²) in [6.45, 7) is 4.44. The highest BCUT2D eigenvalue weighted by molar-refractivity contribution is 5.94. The number of allylic oxidation sites excluding steroid dienone is 1. The Labute approximate surface area is 212 Å². The molecular weight excluding hydrogens is 458 g/mol. The van der Waals surface area contributed by atoms with Crippen molar-refractivity contribution < 1.29 is 23.7 Å². The summed E-state index contributed by atoms with van der Waals surface area (Å²) in [7, 11) is 4.73. The minimum absolute atomic E-state index is 0.360. The zero-order chi connectivity index (χ0) is 25.7. The van der Waals surface area contributed by atoms with Gasteiger partial charge in [0.2, 0.25) is 11.7 Å². The quantitative estimate of drug-likeness (QED) is 0.264. The molecule has 4 rings (SSSR count). The average molecular weight is 494 g/mol. The lowest BCUT2D eigenvalue weighted by Crippen LogP contribution is -2.29. The van der Waals surface area contributed by atoms with Crippen molar-refractivity contribution in [2.24, 2.45) is 0 Å². The number of benzene rings is 2. The maximum atomic E-state index is 13.6. The minimum atomic E-state index is -0.545. The van der Waals surface area contributed by atoms with Gasteiger partial charge in [0.25, 0.3) is 0 Å². The van der Waals surface area contributed by atoms with E-state index < -0.39 is 6.04 Å². The van der Waals surface area contributed by atoms with Crippen LogP contribution in [0.5, 0.6) is 17.2 Å². The smallest absolute Gasteiger partial charge is 0.338 e. The number of esters is 1. The number of unbranched alkanes of at least 4 members (excludes halogenated alkanes) is 4. The minimum Gasteiger partial charge on any atom is -0.493 e. The third-order valence-corrected chi connectivity index (χ3v) is 6.56. The molecule has 0 amide bonds. The predicted octanol–water partition coefficient (Wildman–Crippen LogP) is 5.86. The fraction of sp³-hybridized carbons (Fsp3) is 0.429. The molecule has 0 aliphatic carbocycles. The van der Waals surface area contributed by atoms with E-state index in [0.29, 0.717) is 41.1 Å². The van der Waals surface area contributed by atoms with Gasteiger partial charge in [-0.15, -0.1) is 0 Å². The number of nitrogens with zero attached hydrogens (tertiary/aromatic N) is 2. The van der Waals surface area contributed by atoms with Crippen LogP contribution in [0.25, 0.3) is 11.0 Å². The lowest BCUT2D eigenvalue weighted by Gasteiger charge is -2.31. The van der Waals surface area contributed by atoms with Crippen molar-refractivity contribution in [3.63, 3.8) is 0 Å². The predicted molar refractivity (Wildman–Crippen MR) is 140 cm³/mol. The van der Waals surface area contributed by atoms with Gasteiger partial charge in [0, 0.05) is 11.3 Å². The molecule has 1 atom stereocenters. The largest absolute Gasteiger partial charge is 0.493 e. The Balaban J connectivity index is 1.81. The molecule has 1 aliphatic heterocycles. The second-order valence-corrected chi connectivity index (χ2v) is 8.83. The molecule has 0 spiro atoms. The van der Waals surface area contributed by atoms with Gasteiger partial charge < -0.3 is 24.3 Å². The molecule has 192 valence electrons. The summed E-state index contributed by atoms with van der Waals surface area (Å²) in [6, 6.07) is 11.0. The molecule has 1 N–H and O–H groups in total. The molecule has 0 fully saturated rings. The van der Waals surface area contributed by atoms with E-state index in [-0.39, 0.29) is 5.97 Å². The molecule has 1 aliphatic rings. The molecule has 8 heteroatoms. The first-order valence-corrected chi connectivity index (χ1v) is 12.5. The van der Waals surface area contributed by atoms with Gasteiger partial charge in [0.05, 0.1) is 50.6 Å². The van der Waals surface area contributed by atoms with Gasteiger partial charge in [-0.05, 0) is 37.6 Å². The van der Waals surface area contributed by atoms with Crippen molar-refractivity contribution >= 4 is 23.0 Å². The van der Waals surface area contributed by atoms with E-state index in [1.807, 2.05) is 47.9 Å². The van der Waals surface area contributed by atoms with Crippen molar-refractivity contribution in [1.29, 1.82) is 0 Å². The van der Waals surface area contributed by atoms with Crippen LogP contribution in [0.3, 0.4) is 0 Å². The molecule has 0 bridgehead atoms. The Morgan fingerprint density at radius 2 is 1.72 bits per heavy atom. The van der Waals surface area contributed by atoms with E-state index in [2.05, 4.69) is 12.2 Å². The first kappa shape index (κ1) is 25.4. The molecule has 2 aromatic carbocycles. The number of aromatic nitrogens is 2. The molecule has 0 radical (unpaired) electrons. The average Bonchev–Trinajstić information content (AvgIpc) is 3.26. The van der Waals surface area contributed by atoms with Gasteiger partial charge in [-0.3, -0.25) is 4.57 Å². The number of fused-ring (bicyclic) bond motifs is 3. The zero-order valence-corrected chi connectivity index (χ0v) is 21.7. The number of ether oxygens (including phenoxy) is 4. The highest BCUT2D eigenvalue weighted by atomic mass is 16.5. The fourth-order valence-electron chi connectivity index (χ4n) is 4.81. The highest BCUT2D eigenvalue weighted by Crippen LogP contribution is 2.48. The second kappa shape index (κ2) is 11.4. The van der Waals surface area contributed by atoms with Crippen molar-refractivity contribution in [3.8, 4) is 17.2 Å². The van der Waals surface area contributed by atoms with Crippen LogP contribution in [-0.2, 0) is 9.53 Å². The number of carbonyl (C=O) groups excluding carboxylic acids is 1. The third kappa shape index (κ3) is 4.72. The van der Waals surface area contributed by atoms with Crippen LogP contribution in [0.4, 0.5) is 5.95 Å². The van der Waals surface area contributed by atoms with Crippen molar-refractivity contribution in [1.82, 2.24) is 9.55 Å². The molecule has 36 heavy (non-hydrogen) atoms. The molecule has 3 aromatic rings. The zero-order valence-electron chi connectivity index (χ0n) is 21.7. The molecule has 1 aromatic heterocycles. The monoisotopic (exact) mass is 493 g/mol. The fourth-order valence-corrected chi connectivity index (χ4v) is 4.81. The number of hydrogen-bond acceptors (Lipinski definition) is 7. The number of nitrogens with one attached hydrogen (secondary N) is 1. The van der Waals surface area contributed by atoms with E-state index in [0.717, 1.165) is 35.9 Å².